The highest BCUT2D eigenvalue weighted by Crippen LogP contribution is 2.28. The molecule has 6 nitrogen and oxygen atoms in total. The number of pyridine rings is 1. The first-order valence-electron chi connectivity index (χ1n) is 6.99. The van der Waals surface area contributed by atoms with Gasteiger partial charge in [-0.3, -0.25) is 10.1 Å². The van der Waals surface area contributed by atoms with Crippen LogP contribution in [0.15, 0.2) is 12.3 Å². The van der Waals surface area contributed by atoms with E-state index in [1.807, 2.05) is 6.07 Å². The summed E-state index contributed by atoms with van der Waals surface area (Å²) >= 11 is 0. The minimum atomic E-state index is -0.507. The number of anilines is 1. The predicted molar refractivity (Wildman–Crippen MR) is 75.3 cm³/mol. The zero-order valence-electron chi connectivity index (χ0n) is 11.3. The van der Waals surface area contributed by atoms with E-state index in [-0.39, 0.29) is 17.1 Å². The first-order chi connectivity index (χ1) is 9.70. The maximum atomic E-state index is 10.9. The Balaban J connectivity index is 1.88. The van der Waals surface area contributed by atoms with E-state index in [9.17, 15) is 10.1 Å². The van der Waals surface area contributed by atoms with Crippen LogP contribution in [0.25, 0.3) is 0 Å². The molecule has 1 aromatic heterocycles. The van der Waals surface area contributed by atoms with Crippen molar-refractivity contribution in [1.82, 2.24) is 4.98 Å². The summed E-state index contributed by atoms with van der Waals surface area (Å²) < 4.78 is 0. The molecule has 0 unspecified atom stereocenters. The lowest BCUT2D eigenvalue weighted by Crippen LogP contribution is -2.08. The van der Waals surface area contributed by atoms with Crippen LogP contribution < -0.4 is 5.32 Å². The fraction of sp³-hybridized carbons (Fsp3) is 0.571. The second-order valence-corrected chi connectivity index (χ2v) is 5.18. The van der Waals surface area contributed by atoms with Gasteiger partial charge in [-0.25, -0.2) is 4.98 Å². The summed E-state index contributed by atoms with van der Waals surface area (Å²) in [5.74, 6) is 1.07. The summed E-state index contributed by atoms with van der Waals surface area (Å²) in [4.78, 5) is 14.4. The molecule has 1 aliphatic carbocycles. The maximum absolute atomic E-state index is 10.9. The maximum Gasteiger partial charge on any atom is 0.312 e. The minimum absolute atomic E-state index is 0.134. The van der Waals surface area contributed by atoms with Crippen molar-refractivity contribution in [3.05, 3.63) is 27.9 Å². The molecule has 0 saturated heterocycles. The van der Waals surface area contributed by atoms with Crippen LogP contribution >= 0.6 is 0 Å². The highest BCUT2D eigenvalue weighted by atomic mass is 16.6. The summed E-state index contributed by atoms with van der Waals surface area (Å²) in [5.41, 5.74) is 0.0677. The number of hydrogen-bond acceptors (Lipinski definition) is 5. The van der Waals surface area contributed by atoms with Gasteiger partial charge in [-0.05, 0) is 18.8 Å². The lowest BCUT2D eigenvalue weighted by atomic mass is 10.0. The molecule has 1 aliphatic rings. The number of rotatable bonds is 6. The highest BCUT2D eigenvalue weighted by molar-refractivity contribution is 5.58. The van der Waals surface area contributed by atoms with Gasteiger partial charge < -0.3 is 5.32 Å². The van der Waals surface area contributed by atoms with Gasteiger partial charge in [0.25, 0.3) is 0 Å². The number of aromatic nitrogens is 1. The zero-order chi connectivity index (χ0) is 14.4. The predicted octanol–water partition coefficient (Wildman–Crippen LogP) is 3.24. The van der Waals surface area contributed by atoms with E-state index < -0.39 is 4.92 Å². The number of nitriles is 1. The Morgan fingerprint density at radius 3 is 2.90 bits per heavy atom. The topological polar surface area (TPSA) is 91.8 Å². The molecule has 6 heteroatoms. The van der Waals surface area contributed by atoms with Crippen LogP contribution in [-0.4, -0.2) is 16.5 Å². The van der Waals surface area contributed by atoms with Crippen LogP contribution in [-0.2, 0) is 0 Å². The van der Waals surface area contributed by atoms with Crippen molar-refractivity contribution in [2.24, 2.45) is 5.92 Å². The van der Waals surface area contributed by atoms with Crippen LogP contribution in [0.1, 0.15) is 44.1 Å². The van der Waals surface area contributed by atoms with Gasteiger partial charge in [-0.2, -0.15) is 5.26 Å². The zero-order valence-corrected chi connectivity index (χ0v) is 11.3. The Kier molecular flexibility index (Phi) is 4.88. The second-order valence-electron chi connectivity index (χ2n) is 5.18. The van der Waals surface area contributed by atoms with Gasteiger partial charge in [0.15, 0.2) is 0 Å². The molecule has 1 N–H and O–H groups in total. The van der Waals surface area contributed by atoms with Gasteiger partial charge in [0.2, 0.25) is 5.82 Å². The number of nitrogens with zero attached hydrogens (tertiary/aromatic N) is 3. The fourth-order valence-electron chi connectivity index (χ4n) is 2.69. The molecule has 0 spiro atoms. The quantitative estimate of drug-likeness (QED) is 0.488. The third kappa shape index (κ3) is 3.67. The van der Waals surface area contributed by atoms with Gasteiger partial charge in [-0.1, -0.05) is 25.7 Å². The van der Waals surface area contributed by atoms with Crippen LogP contribution in [0, 0.1) is 27.4 Å². The van der Waals surface area contributed by atoms with Crippen molar-refractivity contribution in [1.29, 1.82) is 5.26 Å². The molecular weight excluding hydrogens is 256 g/mol. The van der Waals surface area contributed by atoms with Gasteiger partial charge in [0, 0.05) is 18.8 Å². The largest absolute Gasteiger partial charge is 0.364 e. The minimum Gasteiger partial charge on any atom is -0.364 e. The Hall–Kier alpha value is -2.16. The summed E-state index contributed by atoms with van der Waals surface area (Å²) in [6.07, 6.45) is 8.80. The third-order valence-corrected chi connectivity index (χ3v) is 3.75. The van der Waals surface area contributed by atoms with Gasteiger partial charge >= 0.3 is 5.69 Å². The number of hydrogen-bond donors (Lipinski definition) is 1. The molecule has 1 heterocycles. The Labute approximate surface area is 118 Å². The van der Waals surface area contributed by atoms with E-state index in [4.69, 9.17) is 5.26 Å². The molecule has 20 heavy (non-hydrogen) atoms. The Bertz CT molecular complexity index is 518. The summed E-state index contributed by atoms with van der Waals surface area (Å²) in [5, 5.41) is 22.7. The molecule has 0 radical (unpaired) electrons. The second kappa shape index (κ2) is 6.85. The fourth-order valence-corrected chi connectivity index (χ4v) is 2.69. The van der Waals surface area contributed by atoms with Crippen LogP contribution in [0.3, 0.4) is 0 Å². The molecule has 106 valence electrons. The molecule has 0 amide bonds. The SMILES string of the molecule is N#Cc1cnc(NCCCC2CCCC2)c([N+](=O)[O-])c1. The summed E-state index contributed by atoms with van der Waals surface area (Å²) in [7, 11) is 0. The molecule has 1 fully saturated rings. The van der Waals surface area contributed by atoms with Crippen LogP contribution in [0.2, 0.25) is 0 Å². The van der Waals surface area contributed by atoms with E-state index in [0.29, 0.717) is 6.54 Å². The standard InChI is InChI=1S/C14H18N4O2/c15-9-12-8-13(18(19)20)14(17-10-12)16-7-3-6-11-4-1-2-5-11/h8,10-11H,1-7H2,(H,16,17). The highest BCUT2D eigenvalue weighted by Gasteiger charge is 2.17. The first-order valence-corrected chi connectivity index (χ1v) is 6.99. The van der Waals surface area contributed by atoms with Crippen molar-refractivity contribution < 1.29 is 4.92 Å². The third-order valence-electron chi connectivity index (χ3n) is 3.75. The molecule has 1 saturated carbocycles. The molecule has 0 aliphatic heterocycles. The smallest absolute Gasteiger partial charge is 0.312 e. The molecule has 0 aromatic carbocycles. The van der Waals surface area contributed by atoms with Crippen molar-refractivity contribution in [2.45, 2.75) is 38.5 Å². The van der Waals surface area contributed by atoms with Gasteiger partial charge in [0.1, 0.15) is 6.07 Å². The van der Waals surface area contributed by atoms with Crippen molar-refractivity contribution in [3.8, 4) is 6.07 Å². The number of nitro groups is 1. The first kappa shape index (κ1) is 14.3. The Morgan fingerprint density at radius 2 is 2.25 bits per heavy atom. The van der Waals surface area contributed by atoms with E-state index in [2.05, 4.69) is 10.3 Å². The average Bonchev–Trinajstić information content (AvgIpc) is 2.96. The monoisotopic (exact) mass is 274 g/mol. The van der Waals surface area contributed by atoms with E-state index in [0.717, 1.165) is 18.8 Å². The van der Waals surface area contributed by atoms with Gasteiger partial charge in [0.05, 0.1) is 10.5 Å². The molecule has 0 bridgehead atoms. The van der Waals surface area contributed by atoms with E-state index in [1.165, 1.54) is 37.9 Å². The molecular formula is C14H18N4O2. The van der Waals surface area contributed by atoms with E-state index >= 15 is 0 Å². The Morgan fingerprint density at radius 1 is 1.50 bits per heavy atom. The van der Waals surface area contributed by atoms with Crippen molar-refractivity contribution in [2.75, 3.05) is 11.9 Å². The summed E-state index contributed by atoms with van der Waals surface area (Å²) in [6.45, 7) is 0.677. The van der Waals surface area contributed by atoms with E-state index in [1.54, 1.807) is 0 Å². The summed E-state index contributed by atoms with van der Waals surface area (Å²) in [6, 6.07) is 3.12. The average molecular weight is 274 g/mol. The molecule has 2 rings (SSSR count). The lowest BCUT2D eigenvalue weighted by Gasteiger charge is -2.09. The molecule has 0 atom stereocenters. The van der Waals surface area contributed by atoms with Gasteiger partial charge in [-0.15, -0.1) is 0 Å². The van der Waals surface area contributed by atoms with Crippen molar-refractivity contribution >= 4 is 11.5 Å². The lowest BCUT2D eigenvalue weighted by molar-refractivity contribution is -0.384. The number of nitrogens with one attached hydrogen (secondary N) is 1. The van der Waals surface area contributed by atoms with Crippen LogP contribution in [0.5, 0.6) is 0 Å². The normalized spacial score (nSPS) is 14.9. The van der Waals surface area contributed by atoms with Crippen LogP contribution in [0.4, 0.5) is 11.5 Å². The van der Waals surface area contributed by atoms with Crippen molar-refractivity contribution in [3.63, 3.8) is 0 Å². The molecule has 1 aromatic rings.